The highest BCUT2D eigenvalue weighted by molar-refractivity contribution is 5.81. The van der Waals surface area contributed by atoms with Crippen LogP contribution in [0.5, 0.6) is 0 Å². The number of hydrogen-bond donors (Lipinski definition) is 1. The Kier molecular flexibility index (Phi) is 5.51. The Bertz CT molecular complexity index is 192. The van der Waals surface area contributed by atoms with Crippen molar-refractivity contribution in [3.63, 3.8) is 0 Å². The minimum absolute atomic E-state index is 0.147. The number of nitrogens with one attached hydrogen (secondary N) is 1. The van der Waals surface area contributed by atoms with Gasteiger partial charge < -0.3 is 9.47 Å². The molecule has 1 N–H and O–H groups in total. The summed E-state index contributed by atoms with van der Waals surface area (Å²) in [5.41, 5.74) is 0. The molecule has 0 amide bonds. The Balaban J connectivity index is 0.000000354. The van der Waals surface area contributed by atoms with E-state index >= 15 is 0 Å². The summed E-state index contributed by atoms with van der Waals surface area (Å²) in [5, 5.41) is 5.40. The smallest absolute Gasteiger partial charge is 0.330 e. The second kappa shape index (κ2) is 6.27. The van der Waals surface area contributed by atoms with Crippen molar-refractivity contribution < 1.29 is 19.1 Å². The predicted octanol–water partition coefficient (Wildman–Crippen LogP) is 0.0154. The van der Waals surface area contributed by atoms with E-state index in [2.05, 4.69) is 11.3 Å². The van der Waals surface area contributed by atoms with Gasteiger partial charge in [-0.25, -0.2) is 15.0 Å². The number of carbonyl (C=O) groups is 1. The average molecular weight is 171 g/mol. The first-order valence-corrected chi connectivity index (χ1v) is 3.19. The normalized spacial score (nSPS) is 17.8. The standard InChI is InChI=1S/C6H8O3.CHNO/c1-2-6(7)9-4-5-3-8-5;2-1-3/h2,5H,1,3-4H2;2H. The lowest BCUT2D eigenvalue weighted by molar-refractivity contribution is -0.138. The third kappa shape index (κ3) is 6.67. The predicted molar refractivity (Wildman–Crippen MR) is 39.3 cm³/mol. The highest BCUT2D eigenvalue weighted by Gasteiger charge is 2.23. The Hall–Kier alpha value is -1.45. The first-order chi connectivity index (χ1) is 5.74. The van der Waals surface area contributed by atoms with Crippen LogP contribution < -0.4 is 0 Å². The number of rotatable bonds is 3. The van der Waals surface area contributed by atoms with Gasteiger partial charge in [-0.05, 0) is 0 Å². The summed E-state index contributed by atoms with van der Waals surface area (Å²) in [6, 6.07) is 0. The molecule has 1 fully saturated rings. The number of ether oxygens (including phenoxy) is 2. The quantitative estimate of drug-likeness (QED) is 0.213. The van der Waals surface area contributed by atoms with E-state index in [1.165, 1.54) is 0 Å². The molecule has 0 aromatic carbocycles. The van der Waals surface area contributed by atoms with Crippen molar-refractivity contribution in [2.24, 2.45) is 0 Å². The molecular formula is C7H9NO4. The van der Waals surface area contributed by atoms with Crippen LogP contribution in [0.2, 0.25) is 0 Å². The van der Waals surface area contributed by atoms with Crippen molar-refractivity contribution in [2.45, 2.75) is 6.10 Å². The second-order valence-corrected chi connectivity index (χ2v) is 1.89. The topological polar surface area (TPSA) is 79.8 Å². The van der Waals surface area contributed by atoms with Crippen LogP contribution in [0.15, 0.2) is 12.7 Å². The molecule has 12 heavy (non-hydrogen) atoms. The Labute approximate surface area is 69.5 Å². The Morgan fingerprint density at radius 2 is 2.42 bits per heavy atom. The lowest BCUT2D eigenvalue weighted by atomic mass is 10.5. The number of isocyanates is 1. The molecule has 1 atom stereocenters. The van der Waals surface area contributed by atoms with Crippen LogP contribution in [0.4, 0.5) is 0 Å². The van der Waals surface area contributed by atoms with E-state index < -0.39 is 0 Å². The largest absolute Gasteiger partial charge is 0.460 e. The molecule has 1 rings (SSSR count). The molecule has 1 heterocycles. The van der Waals surface area contributed by atoms with E-state index in [0.717, 1.165) is 12.2 Å². The SMILES string of the molecule is C=CC(=O)OCC1CO1.N=C=O. The van der Waals surface area contributed by atoms with Crippen molar-refractivity contribution in [3.8, 4) is 0 Å². The fraction of sp³-hybridized carbons (Fsp3) is 0.429. The van der Waals surface area contributed by atoms with Crippen LogP contribution in [0.3, 0.4) is 0 Å². The van der Waals surface area contributed by atoms with Crippen molar-refractivity contribution in [1.29, 1.82) is 5.41 Å². The van der Waals surface area contributed by atoms with E-state index in [9.17, 15) is 4.79 Å². The second-order valence-electron chi connectivity index (χ2n) is 1.89. The first-order valence-electron chi connectivity index (χ1n) is 3.19. The minimum Gasteiger partial charge on any atom is -0.460 e. The van der Waals surface area contributed by atoms with Gasteiger partial charge in [0, 0.05) is 6.08 Å². The van der Waals surface area contributed by atoms with E-state index in [4.69, 9.17) is 14.9 Å². The zero-order valence-electron chi connectivity index (χ0n) is 6.41. The summed E-state index contributed by atoms with van der Waals surface area (Å²) in [4.78, 5) is 18.7. The molecule has 0 bridgehead atoms. The van der Waals surface area contributed by atoms with Crippen LogP contribution in [0.1, 0.15) is 0 Å². The van der Waals surface area contributed by atoms with Gasteiger partial charge >= 0.3 is 5.97 Å². The maximum atomic E-state index is 10.3. The summed E-state index contributed by atoms with van der Waals surface area (Å²) in [6.07, 6.45) is 2.04. The Morgan fingerprint density at radius 1 is 1.92 bits per heavy atom. The molecule has 5 heteroatoms. The van der Waals surface area contributed by atoms with Crippen LogP contribution in [0, 0.1) is 5.41 Å². The maximum absolute atomic E-state index is 10.3. The molecule has 0 saturated carbocycles. The van der Waals surface area contributed by atoms with E-state index in [1.54, 1.807) is 0 Å². The van der Waals surface area contributed by atoms with Gasteiger partial charge in [-0.2, -0.15) is 0 Å². The Morgan fingerprint density at radius 3 is 2.75 bits per heavy atom. The maximum Gasteiger partial charge on any atom is 0.330 e. The van der Waals surface area contributed by atoms with Gasteiger partial charge in [-0.1, -0.05) is 6.58 Å². The molecule has 1 aliphatic rings. The monoisotopic (exact) mass is 171 g/mol. The van der Waals surface area contributed by atoms with Crippen molar-refractivity contribution in [1.82, 2.24) is 0 Å². The zero-order valence-corrected chi connectivity index (χ0v) is 6.41. The fourth-order valence-electron chi connectivity index (χ4n) is 0.398. The summed E-state index contributed by atoms with van der Waals surface area (Å²) in [6.45, 7) is 4.32. The van der Waals surface area contributed by atoms with Crippen LogP contribution in [0.25, 0.3) is 0 Å². The highest BCUT2D eigenvalue weighted by atomic mass is 16.6. The highest BCUT2D eigenvalue weighted by Crippen LogP contribution is 2.08. The molecule has 1 unspecified atom stereocenters. The summed E-state index contributed by atoms with van der Waals surface area (Å²) in [7, 11) is 0. The molecule has 1 aliphatic heterocycles. The van der Waals surface area contributed by atoms with Gasteiger partial charge in [0.25, 0.3) is 0 Å². The molecule has 0 aliphatic carbocycles. The van der Waals surface area contributed by atoms with E-state index in [0.29, 0.717) is 13.2 Å². The molecule has 0 spiro atoms. The first kappa shape index (κ1) is 10.6. The average Bonchev–Trinajstić information content (AvgIpc) is 2.85. The van der Waals surface area contributed by atoms with Crippen molar-refractivity contribution >= 4 is 12.0 Å². The lowest BCUT2D eigenvalue weighted by Crippen LogP contribution is -2.06. The molecule has 66 valence electrons. The number of carbonyl (C=O) groups excluding carboxylic acids is 2. The van der Waals surface area contributed by atoms with Gasteiger partial charge in [0.05, 0.1) is 6.61 Å². The van der Waals surface area contributed by atoms with E-state index in [1.807, 2.05) is 0 Å². The summed E-state index contributed by atoms with van der Waals surface area (Å²) in [5.74, 6) is -0.384. The third-order valence-electron chi connectivity index (χ3n) is 0.981. The van der Waals surface area contributed by atoms with Crippen LogP contribution in [-0.4, -0.2) is 31.4 Å². The third-order valence-corrected chi connectivity index (χ3v) is 0.981. The van der Waals surface area contributed by atoms with Crippen LogP contribution in [-0.2, 0) is 19.1 Å². The molecule has 0 aromatic rings. The van der Waals surface area contributed by atoms with Gasteiger partial charge in [0.15, 0.2) is 0 Å². The molecule has 0 aromatic heterocycles. The van der Waals surface area contributed by atoms with Gasteiger partial charge in [0.2, 0.25) is 6.08 Å². The molecule has 5 nitrogen and oxygen atoms in total. The van der Waals surface area contributed by atoms with Crippen LogP contribution >= 0.6 is 0 Å². The zero-order chi connectivity index (χ0) is 9.40. The minimum atomic E-state index is -0.384. The van der Waals surface area contributed by atoms with Crippen molar-refractivity contribution in [2.75, 3.05) is 13.2 Å². The lowest BCUT2D eigenvalue weighted by Gasteiger charge is -1.94. The van der Waals surface area contributed by atoms with Gasteiger partial charge in [-0.15, -0.1) is 0 Å². The number of hydrogen-bond acceptors (Lipinski definition) is 5. The van der Waals surface area contributed by atoms with Crippen molar-refractivity contribution in [3.05, 3.63) is 12.7 Å². The molecule has 1 saturated heterocycles. The van der Waals surface area contributed by atoms with Gasteiger partial charge in [-0.3, -0.25) is 0 Å². The summed E-state index contributed by atoms with van der Waals surface area (Å²) < 4.78 is 9.42. The number of epoxide rings is 1. The summed E-state index contributed by atoms with van der Waals surface area (Å²) >= 11 is 0. The number of esters is 1. The molecular weight excluding hydrogens is 162 g/mol. The van der Waals surface area contributed by atoms with E-state index in [-0.39, 0.29) is 12.1 Å². The molecule has 0 radical (unpaired) electrons. The van der Waals surface area contributed by atoms with Gasteiger partial charge in [0.1, 0.15) is 12.7 Å². The fourth-order valence-corrected chi connectivity index (χ4v) is 0.398.